The van der Waals surface area contributed by atoms with Gasteiger partial charge < -0.3 is 10.6 Å². The molecule has 2 rings (SSSR count). The van der Waals surface area contributed by atoms with Crippen LogP contribution in [0.15, 0.2) is 12.2 Å². The molecule has 0 aromatic rings. The number of hydrogen-bond acceptors (Lipinski definition) is 4. The Bertz CT molecular complexity index is 408. The highest BCUT2D eigenvalue weighted by atomic mass is 32.2. The summed E-state index contributed by atoms with van der Waals surface area (Å²) in [7, 11) is -2.96. The summed E-state index contributed by atoms with van der Waals surface area (Å²) >= 11 is 0. The molecule has 1 saturated heterocycles. The predicted octanol–water partition coefficient (Wildman–Crippen LogP) is -0.402. The Morgan fingerprint density at radius 1 is 1.35 bits per heavy atom. The van der Waals surface area contributed by atoms with Crippen molar-refractivity contribution in [1.29, 1.82) is 0 Å². The van der Waals surface area contributed by atoms with Crippen LogP contribution >= 0.6 is 0 Å². The van der Waals surface area contributed by atoms with Gasteiger partial charge in [-0.2, -0.15) is 0 Å². The van der Waals surface area contributed by atoms with Crippen LogP contribution in [0.2, 0.25) is 0 Å². The Labute approximate surface area is 102 Å². The van der Waals surface area contributed by atoms with E-state index in [4.69, 9.17) is 0 Å². The summed E-state index contributed by atoms with van der Waals surface area (Å²) in [6.07, 6.45) is 6.10. The van der Waals surface area contributed by atoms with E-state index in [1.807, 2.05) is 12.2 Å². The Morgan fingerprint density at radius 2 is 2.06 bits per heavy atom. The molecular weight excluding hydrogens is 240 g/mol. The van der Waals surface area contributed by atoms with Gasteiger partial charge in [0, 0.05) is 25.0 Å². The molecule has 1 fully saturated rings. The van der Waals surface area contributed by atoms with Gasteiger partial charge in [0.1, 0.15) is 0 Å². The third-order valence-electron chi connectivity index (χ3n) is 3.11. The zero-order chi connectivity index (χ0) is 12.3. The van der Waals surface area contributed by atoms with E-state index < -0.39 is 9.84 Å². The Balaban J connectivity index is 1.78. The molecule has 1 aliphatic heterocycles. The van der Waals surface area contributed by atoms with Crippen LogP contribution in [0.1, 0.15) is 19.3 Å². The smallest absolute Gasteiger partial charge is 0.221 e. The topological polar surface area (TPSA) is 75.3 Å². The van der Waals surface area contributed by atoms with Gasteiger partial charge in [0.15, 0.2) is 9.84 Å². The molecule has 1 unspecified atom stereocenters. The number of hydrogen-bond donors (Lipinski definition) is 2. The van der Waals surface area contributed by atoms with Crippen molar-refractivity contribution in [2.45, 2.75) is 31.3 Å². The molecule has 0 aromatic heterocycles. The van der Waals surface area contributed by atoms with E-state index in [1.165, 1.54) is 0 Å². The lowest BCUT2D eigenvalue weighted by Gasteiger charge is -2.23. The third kappa shape index (κ3) is 3.81. The van der Waals surface area contributed by atoms with Gasteiger partial charge in [-0.05, 0) is 12.8 Å². The molecule has 1 amide bonds. The number of sulfone groups is 1. The first-order chi connectivity index (χ1) is 8.05. The molecule has 0 bridgehead atoms. The summed E-state index contributed by atoms with van der Waals surface area (Å²) in [5.41, 5.74) is 0. The van der Waals surface area contributed by atoms with Crippen molar-refractivity contribution >= 4 is 15.7 Å². The van der Waals surface area contributed by atoms with Crippen LogP contribution in [0.25, 0.3) is 0 Å². The lowest BCUT2D eigenvalue weighted by atomic mass is 10.2. The van der Waals surface area contributed by atoms with Crippen LogP contribution in [-0.4, -0.2) is 44.5 Å². The number of amides is 1. The summed E-state index contributed by atoms with van der Waals surface area (Å²) in [5, 5.41) is 5.99. The highest BCUT2D eigenvalue weighted by Crippen LogP contribution is 2.10. The van der Waals surface area contributed by atoms with Crippen LogP contribution in [-0.2, 0) is 14.6 Å². The fourth-order valence-corrected chi connectivity index (χ4v) is 3.69. The fourth-order valence-electron chi connectivity index (χ4n) is 2.24. The minimum Gasteiger partial charge on any atom is -0.353 e. The molecular formula is C11H18N2O3S. The monoisotopic (exact) mass is 258 g/mol. The maximum Gasteiger partial charge on any atom is 0.221 e. The maximum atomic E-state index is 11.7. The van der Waals surface area contributed by atoms with E-state index in [0.29, 0.717) is 6.54 Å². The number of nitrogens with one attached hydrogen (secondary N) is 2. The number of carbonyl (C=O) groups is 1. The molecule has 5 nitrogen and oxygen atoms in total. The molecule has 2 aliphatic rings. The highest BCUT2D eigenvalue weighted by molar-refractivity contribution is 7.91. The first-order valence-electron chi connectivity index (χ1n) is 5.93. The first-order valence-corrected chi connectivity index (χ1v) is 7.75. The van der Waals surface area contributed by atoms with Gasteiger partial charge in [-0.1, -0.05) is 12.2 Å². The summed E-state index contributed by atoms with van der Waals surface area (Å²) < 4.78 is 22.8. The van der Waals surface area contributed by atoms with E-state index in [1.54, 1.807) is 0 Å². The van der Waals surface area contributed by atoms with Gasteiger partial charge in [0.05, 0.1) is 11.5 Å². The standard InChI is InChI=1S/C11H18N2O3S/c14-11(13-9-3-1-2-4-9)7-10-8-17(15,16)6-5-12-10/h1-2,9-10,12H,3-8H2,(H,13,14). The predicted molar refractivity (Wildman–Crippen MR) is 65.4 cm³/mol. The zero-order valence-corrected chi connectivity index (χ0v) is 10.5. The summed E-state index contributed by atoms with van der Waals surface area (Å²) in [4.78, 5) is 11.7. The van der Waals surface area contributed by atoms with Gasteiger partial charge in [0.25, 0.3) is 0 Å². The molecule has 2 N–H and O–H groups in total. The second-order valence-electron chi connectivity index (χ2n) is 4.68. The van der Waals surface area contributed by atoms with Gasteiger partial charge in [0.2, 0.25) is 5.91 Å². The van der Waals surface area contributed by atoms with Gasteiger partial charge >= 0.3 is 0 Å². The number of carbonyl (C=O) groups excluding carboxylic acids is 1. The lowest BCUT2D eigenvalue weighted by molar-refractivity contribution is -0.122. The molecule has 0 aromatic carbocycles. The fraction of sp³-hybridized carbons (Fsp3) is 0.727. The molecule has 17 heavy (non-hydrogen) atoms. The van der Waals surface area contributed by atoms with Crippen LogP contribution in [0.5, 0.6) is 0 Å². The van der Waals surface area contributed by atoms with Gasteiger partial charge in [-0.3, -0.25) is 4.79 Å². The molecule has 1 atom stereocenters. The van der Waals surface area contributed by atoms with Gasteiger partial charge in [-0.25, -0.2) is 8.42 Å². The van der Waals surface area contributed by atoms with E-state index in [0.717, 1.165) is 12.8 Å². The SMILES string of the molecule is O=C(CC1CS(=O)(=O)CCN1)NC1CC=CC1. The van der Waals surface area contributed by atoms with Crippen molar-refractivity contribution in [1.82, 2.24) is 10.6 Å². The summed E-state index contributed by atoms with van der Waals surface area (Å²) in [5.74, 6) is 0.189. The van der Waals surface area contributed by atoms with E-state index in [2.05, 4.69) is 10.6 Å². The molecule has 96 valence electrons. The molecule has 0 saturated carbocycles. The van der Waals surface area contributed by atoms with Crippen molar-refractivity contribution in [2.24, 2.45) is 0 Å². The first kappa shape index (κ1) is 12.6. The summed E-state index contributed by atoms with van der Waals surface area (Å²) in [6.45, 7) is 0.450. The van der Waals surface area contributed by atoms with Gasteiger partial charge in [-0.15, -0.1) is 0 Å². The second-order valence-corrected chi connectivity index (χ2v) is 6.91. The third-order valence-corrected chi connectivity index (χ3v) is 4.84. The molecule has 1 aliphatic carbocycles. The van der Waals surface area contributed by atoms with Crippen molar-refractivity contribution in [3.05, 3.63) is 12.2 Å². The average molecular weight is 258 g/mol. The minimum absolute atomic E-state index is 0.0618. The Hall–Kier alpha value is -0.880. The van der Waals surface area contributed by atoms with Crippen LogP contribution in [0.3, 0.4) is 0 Å². The van der Waals surface area contributed by atoms with Crippen LogP contribution < -0.4 is 10.6 Å². The second kappa shape index (κ2) is 5.18. The molecule has 6 heteroatoms. The van der Waals surface area contributed by atoms with Crippen LogP contribution in [0.4, 0.5) is 0 Å². The highest BCUT2D eigenvalue weighted by Gasteiger charge is 2.26. The lowest BCUT2D eigenvalue weighted by Crippen LogP contribution is -2.48. The van der Waals surface area contributed by atoms with Crippen molar-refractivity contribution in [3.63, 3.8) is 0 Å². The summed E-state index contributed by atoms with van der Waals surface area (Å²) in [6, 6.07) is -0.0363. The van der Waals surface area contributed by atoms with E-state index in [9.17, 15) is 13.2 Å². The minimum atomic E-state index is -2.96. The zero-order valence-electron chi connectivity index (χ0n) is 9.69. The van der Waals surface area contributed by atoms with Crippen molar-refractivity contribution in [2.75, 3.05) is 18.1 Å². The Kier molecular flexibility index (Phi) is 3.83. The molecule has 0 spiro atoms. The largest absolute Gasteiger partial charge is 0.353 e. The molecule has 0 radical (unpaired) electrons. The normalized spacial score (nSPS) is 28.1. The quantitative estimate of drug-likeness (QED) is 0.675. The van der Waals surface area contributed by atoms with E-state index in [-0.39, 0.29) is 35.9 Å². The number of rotatable bonds is 3. The van der Waals surface area contributed by atoms with Crippen LogP contribution in [0, 0.1) is 0 Å². The maximum absolute atomic E-state index is 11.7. The molecule has 1 heterocycles. The average Bonchev–Trinajstić information content (AvgIpc) is 2.68. The van der Waals surface area contributed by atoms with E-state index >= 15 is 0 Å². The van der Waals surface area contributed by atoms with Crippen molar-refractivity contribution < 1.29 is 13.2 Å². The Morgan fingerprint density at radius 3 is 2.71 bits per heavy atom. The van der Waals surface area contributed by atoms with Crippen molar-refractivity contribution in [3.8, 4) is 0 Å².